The van der Waals surface area contributed by atoms with Gasteiger partial charge in [0.15, 0.2) is 0 Å². The topological polar surface area (TPSA) is 32.3 Å². The minimum absolute atomic E-state index is 0.418. The van der Waals surface area contributed by atoms with Crippen molar-refractivity contribution in [3.05, 3.63) is 0 Å². The molecule has 1 aliphatic heterocycles. The van der Waals surface area contributed by atoms with Crippen LogP contribution in [0.5, 0.6) is 0 Å². The number of nitrogens with zero attached hydrogens (tertiary/aromatic N) is 1. The Morgan fingerprint density at radius 2 is 2.00 bits per heavy atom. The minimum atomic E-state index is -2.82. The Labute approximate surface area is 76.1 Å². The highest BCUT2D eigenvalue weighted by molar-refractivity contribution is 5.76. The lowest BCUT2D eigenvalue weighted by molar-refractivity contribution is -0.0530. The van der Waals surface area contributed by atoms with E-state index in [1.807, 2.05) is 0 Å². The lowest BCUT2D eigenvalue weighted by Crippen LogP contribution is -2.62. The Balaban J connectivity index is 2.78. The van der Waals surface area contributed by atoms with E-state index in [0.717, 1.165) is 4.90 Å². The SMILES string of the molecule is CC(C)(C)N1CC(F)(F)CNC1=O. The van der Waals surface area contributed by atoms with Crippen LogP contribution in [0.25, 0.3) is 0 Å². The van der Waals surface area contributed by atoms with Crippen molar-refractivity contribution in [2.24, 2.45) is 0 Å². The van der Waals surface area contributed by atoms with Gasteiger partial charge in [-0.25, -0.2) is 13.6 Å². The van der Waals surface area contributed by atoms with Gasteiger partial charge < -0.3 is 10.2 Å². The van der Waals surface area contributed by atoms with Crippen LogP contribution in [0.15, 0.2) is 0 Å². The second kappa shape index (κ2) is 2.82. The van der Waals surface area contributed by atoms with Crippen LogP contribution in [0.4, 0.5) is 13.6 Å². The highest BCUT2D eigenvalue weighted by Gasteiger charge is 2.42. The molecule has 1 fully saturated rings. The maximum Gasteiger partial charge on any atom is 0.318 e. The highest BCUT2D eigenvalue weighted by atomic mass is 19.3. The van der Waals surface area contributed by atoms with Crippen molar-refractivity contribution in [1.82, 2.24) is 10.2 Å². The van der Waals surface area contributed by atoms with Gasteiger partial charge in [0.1, 0.15) is 0 Å². The lowest BCUT2D eigenvalue weighted by Gasteiger charge is -2.41. The van der Waals surface area contributed by atoms with Crippen LogP contribution >= 0.6 is 0 Å². The number of halogens is 2. The predicted molar refractivity (Wildman–Crippen MR) is 44.8 cm³/mol. The van der Waals surface area contributed by atoms with Gasteiger partial charge in [-0.1, -0.05) is 0 Å². The normalized spacial score (nSPS) is 22.8. The number of hydrogen-bond donors (Lipinski definition) is 1. The molecule has 1 saturated heterocycles. The molecular weight excluding hydrogens is 178 g/mol. The first-order chi connectivity index (χ1) is 5.72. The quantitative estimate of drug-likeness (QED) is 0.619. The number of amides is 2. The molecule has 3 nitrogen and oxygen atoms in total. The molecule has 1 rings (SSSR count). The zero-order valence-corrected chi connectivity index (χ0v) is 8.03. The van der Waals surface area contributed by atoms with Crippen LogP contribution in [0.2, 0.25) is 0 Å². The summed E-state index contributed by atoms with van der Waals surface area (Å²) in [6, 6.07) is -0.418. The largest absolute Gasteiger partial charge is 0.332 e. The van der Waals surface area contributed by atoms with Crippen LogP contribution in [0.1, 0.15) is 20.8 Å². The number of carbonyl (C=O) groups excluding carboxylic acids is 1. The molecule has 0 bridgehead atoms. The molecule has 0 aromatic rings. The van der Waals surface area contributed by atoms with E-state index in [9.17, 15) is 13.6 Å². The fourth-order valence-electron chi connectivity index (χ4n) is 1.20. The smallest absolute Gasteiger partial charge is 0.318 e. The van der Waals surface area contributed by atoms with Crippen molar-refractivity contribution < 1.29 is 13.6 Å². The van der Waals surface area contributed by atoms with E-state index in [1.54, 1.807) is 20.8 Å². The van der Waals surface area contributed by atoms with Crippen LogP contribution < -0.4 is 5.32 Å². The van der Waals surface area contributed by atoms with Crippen molar-refractivity contribution in [3.8, 4) is 0 Å². The number of carbonyl (C=O) groups is 1. The Morgan fingerprint density at radius 3 is 2.38 bits per heavy atom. The van der Waals surface area contributed by atoms with Crippen molar-refractivity contribution in [1.29, 1.82) is 0 Å². The molecule has 2 amide bonds. The molecule has 1 heterocycles. The summed E-state index contributed by atoms with van der Waals surface area (Å²) in [5.41, 5.74) is -0.562. The molecule has 0 radical (unpaired) electrons. The molecule has 0 aromatic heterocycles. The van der Waals surface area contributed by atoms with E-state index < -0.39 is 30.6 Å². The first kappa shape index (κ1) is 10.2. The highest BCUT2D eigenvalue weighted by Crippen LogP contribution is 2.24. The van der Waals surface area contributed by atoms with Crippen LogP contribution in [-0.2, 0) is 0 Å². The van der Waals surface area contributed by atoms with Gasteiger partial charge in [-0.3, -0.25) is 0 Å². The third-order valence-corrected chi connectivity index (χ3v) is 1.94. The summed E-state index contributed by atoms with van der Waals surface area (Å²) < 4.78 is 25.8. The molecule has 0 aliphatic carbocycles. The van der Waals surface area contributed by atoms with E-state index >= 15 is 0 Å². The number of rotatable bonds is 0. The second-order valence-electron chi connectivity index (χ2n) is 4.27. The van der Waals surface area contributed by atoms with Crippen LogP contribution in [0.3, 0.4) is 0 Å². The number of alkyl halides is 2. The molecule has 76 valence electrons. The number of urea groups is 1. The summed E-state index contributed by atoms with van der Waals surface area (Å²) >= 11 is 0. The van der Waals surface area contributed by atoms with Gasteiger partial charge in [0, 0.05) is 5.54 Å². The zero-order valence-electron chi connectivity index (χ0n) is 8.03. The van der Waals surface area contributed by atoms with Gasteiger partial charge in [-0.15, -0.1) is 0 Å². The summed E-state index contributed by atoms with van der Waals surface area (Å²) in [7, 11) is 0. The van der Waals surface area contributed by atoms with E-state index in [4.69, 9.17) is 0 Å². The summed E-state index contributed by atoms with van der Waals surface area (Å²) in [5.74, 6) is -2.82. The summed E-state index contributed by atoms with van der Waals surface area (Å²) in [6.07, 6.45) is 0. The van der Waals surface area contributed by atoms with Crippen molar-refractivity contribution >= 4 is 6.03 Å². The van der Waals surface area contributed by atoms with Gasteiger partial charge in [-0.05, 0) is 20.8 Å². The fraction of sp³-hybridized carbons (Fsp3) is 0.875. The molecule has 0 unspecified atom stereocenters. The molecule has 0 spiro atoms. The van der Waals surface area contributed by atoms with Gasteiger partial charge in [0.2, 0.25) is 0 Å². The maximum absolute atomic E-state index is 12.9. The first-order valence-electron chi connectivity index (χ1n) is 4.16. The predicted octanol–water partition coefficient (Wildman–Crippen LogP) is 1.45. The third kappa shape index (κ3) is 2.29. The van der Waals surface area contributed by atoms with E-state index in [2.05, 4.69) is 5.32 Å². The minimum Gasteiger partial charge on any atom is -0.332 e. The zero-order chi connectivity index (χ0) is 10.3. The Bertz CT molecular complexity index is 223. The molecule has 1 aliphatic rings. The van der Waals surface area contributed by atoms with Crippen molar-refractivity contribution in [2.75, 3.05) is 13.1 Å². The standard InChI is InChI=1S/C8H14F2N2O/c1-7(2,3)12-5-8(9,10)4-11-6(12)13/h4-5H2,1-3H3,(H,11,13). The van der Waals surface area contributed by atoms with Crippen LogP contribution in [-0.4, -0.2) is 35.5 Å². The Kier molecular flexibility index (Phi) is 2.21. The number of nitrogens with one attached hydrogen (secondary N) is 1. The average Bonchev–Trinajstić information content (AvgIpc) is 1.92. The van der Waals surface area contributed by atoms with Crippen molar-refractivity contribution in [2.45, 2.75) is 32.2 Å². The van der Waals surface area contributed by atoms with Gasteiger partial charge in [0.05, 0.1) is 13.1 Å². The monoisotopic (exact) mass is 192 g/mol. The van der Waals surface area contributed by atoms with Gasteiger partial charge in [-0.2, -0.15) is 0 Å². The molecule has 5 heteroatoms. The Hall–Kier alpha value is -0.870. The third-order valence-electron chi connectivity index (χ3n) is 1.94. The van der Waals surface area contributed by atoms with Gasteiger partial charge >= 0.3 is 6.03 Å². The molecule has 1 N–H and O–H groups in total. The number of hydrogen-bond acceptors (Lipinski definition) is 1. The molecule has 13 heavy (non-hydrogen) atoms. The summed E-state index contributed by atoms with van der Waals surface area (Å²) in [6.45, 7) is 4.14. The first-order valence-corrected chi connectivity index (χ1v) is 4.16. The molecular formula is C8H14F2N2O. The van der Waals surface area contributed by atoms with E-state index in [0.29, 0.717) is 0 Å². The fourth-order valence-corrected chi connectivity index (χ4v) is 1.20. The Morgan fingerprint density at radius 1 is 1.46 bits per heavy atom. The summed E-state index contributed by atoms with van der Waals surface area (Å²) in [5, 5.41) is 2.17. The molecule has 0 atom stereocenters. The molecule has 0 saturated carbocycles. The second-order valence-corrected chi connectivity index (χ2v) is 4.27. The summed E-state index contributed by atoms with van der Waals surface area (Å²) in [4.78, 5) is 12.4. The van der Waals surface area contributed by atoms with E-state index in [1.165, 1.54) is 0 Å². The van der Waals surface area contributed by atoms with Crippen molar-refractivity contribution in [3.63, 3.8) is 0 Å². The van der Waals surface area contributed by atoms with E-state index in [-0.39, 0.29) is 0 Å². The van der Waals surface area contributed by atoms with Gasteiger partial charge in [0.25, 0.3) is 5.92 Å². The molecule has 0 aromatic carbocycles. The average molecular weight is 192 g/mol. The maximum atomic E-state index is 12.9. The lowest BCUT2D eigenvalue weighted by atomic mass is 10.0. The van der Waals surface area contributed by atoms with Crippen LogP contribution in [0, 0.1) is 0 Å².